The highest BCUT2D eigenvalue weighted by Crippen LogP contribution is 2.53. The van der Waals surface area contributed by atoms with Crippen molar-refractivity contribution in [1.29, 1.82) is 0 Å². The van der Waals surface area contributed by atoms with Gasteiger partial charge in [0.25, 0.3) is 0 Å². The Morgan fingerprint density at radius 2 is 1.46 bits per heavy atom. The van der Waals surface area contributed by atoms with Gasteiger partial charge >= 0.3 is 0 Å². The molecule has 0 radical (unpaired) electrons. The first-order valence-electron chi connectivity index (χ1n) is 8.96. The third kappa shape index (κ3) is 2.07. The molecule has 0 spiro atoms. The van der Waals surface area contributed by atoms with E-state index in [1.807, 2.05) is 18.2 Å². The summed E-state index contributed by atoms with van der Waals surface area (Å²) >= 11 is 0. The van der Waals surface area contributed by atoms with Gasteiger partial charge in [-0.3, -0.25) is 4.90 Å². The summed E-state index contributed by atoms with van der Waals surface area (Å²) in [6, 6.07) is 27.3. The zero-order valence-electron chi connectivity index (χ0n) is 14.9. The van der Waals surface area contributed by atoms with Crippen LogP contribution >= 0.6 is 0 Å². The lowest BCUT2D eigenvalue weighted by atomic mass is 10.1. The Bertz CT molecular complexity index is 1080. The predicted molar refractivity (Wildman–Crippen MR) is 108 cm³/mol. The Balaban J connectivity index is 1.79. The third-order valence-electron chi connectivity index (χ3n) is 5.17. The second-order valence-corrected chi connectivity index (χ2v) is 6.75. The van der Waals surface area contributed by atoms with Crippen molar-refractivity contribution >= 4 is 33.9 Å². The van der Waals surface area contributed by atoms with E-state index in [9.17, 15) is 0 Å². The predicted octanol–water partition coefficient (Wildman–Crippen LogP) is 6.38. The van der Waals surface area contributed by atoms with Crippen LogP contribution < -0.4 is 9.80 Å². The van der Waals surface area contributed by atoms with E-state index in [-0.39, 0.29) is 6.17 Å². The fourth-order valence-electron chi connectivity index (χ4n) is 3.96. The summed E-state index contributed by atoms with van der Waals surface area (Å²) in [5.74, 6) is 0.910. The van der Waals surface area contributed by atoms with Crippen LogP contribution in [0.4, 0.5) is 22.9 Å². The molecule has 3 aromatic carbocycles. The van der Waals surface area contributed by atoms with Gasteiger partial charge < -0.3 is 9.32 Å². The fourth-order valence-corrected chi connectivity index (χ4v) is 3.96. The number of hydrogen-bond acceptors (Lipinski definition) is 3. The molecule has 0 aliphatic carbocycles. The quantitative estimate of drug-likeness (QED) is 0.422. The molecule has 0 fully saturated rings. The molecule has 0 bridgehead atoms. The minimum Gasteiger partial charge on any atom is -0.438 e. The van der Waals surface area contributed by atoms with E-state index in [2.05, 4.69) is 84.3 Å². The maximum Gasteiger partial charge on any atom is 0.227 e. The topological polar surface area (TPSA) is 19.6 Å². The number of furan rings is 1. The number of hydrogen-bond donors (Lipinski definition) is 0. The number of benzene rings is 3. The van der Waals surface area contributed by atoms with Gasteiger partial charge in [-0.2, -0.15) is 0 Å². The number of rotatable bonds is 2. The van der Waals surface area contributed by atoms with E-state index in [1.165, 1.54) is 11.3 Å². The van der Waals surface area contributed by atoms with Crippen molar-refractivity contribution in [3.8, 4) is 0 Å². The zero-order valence-corrected chi connectivity index (χ0v) is 14.9. The van der Waals surface area contributed by atoms with Crippen LogP contribution in [0.5, 0.6) is 0 Å². The van der Waals surface area contributed by atoms with Gasteiger partial charge in [0.15, 0.2) is 0 Å². The van der Waals surface area contributed by atoms with Gasteiger partial charge in [-0.1, -0.05) is 48.5 Å². The molecule has 3 heteroatoms. The van der Waals surface area contributed by atoms with Crippen LogP contribution in [0.1, 0.15) is 12.5 Å². The van der Waals surface area contributed by atoms with Crippen LogP contribution in [0, 0.1) is 6.92 Å². The molecule has 3 nitrogen and oxygen atoms in total. The fraction of sp³-hybridized carbons (Fsp3) is 0.130. The maximum absolute atomic E-state index is 6.32. The highest BCUT2D eigenvalue weighted by molar-refractivity contribution is 6.04. The zero-order chi connectivity index (χ0) is 17.7. The molecule has 0 unspecified atom stereocenters. The molecule has 1 aromatic heterocycles. The minimum atomic E-state index is 0.122. The molecular weight excluding hydrogens is 320 g/mol. The van der Waals surface area contributed by atoms with Crippen LogP contribution in [-0.4, -0.2) is 6.17 Å². The largest absolute Gasteiger partial charge is 0.438 e. The van der Waals surface area contributed by atoms with Crippen molar-refractivity contribution < 1.29 is 4.42 Å². The average Bonchev–Trinajstić information content (AvgIpc) is 3.16. The van der Waals surface area contributed by atoms with Crippen molar-refractivity contribution in [2.75, 3.05) is 9.80 Å². The summed E-state index contributed by atoms with van der Waals surface area (Å²) < 4.78 is 6.32. The number of para-hydroxylation sites is 3. The summed E-state index contributed by atoms with van der Waals surface area (Å²) in [7, 11) is 0. The normalized spacial score (nSPS) is 16.3. The molecule has 1 atom stereocenters. The number of aryl methyl sites for hydroxylation is 1. The highest BCUT2D eigenvalue weighted by atomic mass is 16.4. The van der Waals surface area contributed by atoms with Crippen LogP contribution in [0.2, 0.25) is 0 Å². The SMILES string of the molecule is Cc1ccccc1N1c2c(oc3ccccc23)N(c2ccccc2)[C@@H]1C. The molecule has 4 aromatic rings. The summed E-state index contributed by atoms with van der Waals surface area (Å²) in [4.78, 5) is 4.67. The monoisotopic (exact) mass is 340 g/mol. The second kappa shape index (κ2) is 5.67. The molecular formula is C23H20N2O. The van der Waals surface area contributed by atoms with Gasteiger partial charge in [0.1, 0.15) is 17.4 Å². The first-order valence-corrected chi connectivity index (χ1v) is 8.96. The van der Waals surface area contributed by atoms with E-state index in [0.29, 0.717) is 0 Å². The minimum absolute atomic E-state index is 0.122. The van der Waals surface area contributed by atoms with Gasteiger partial charge in [-0.15, -0.1) is 0 Å². The van der Waals surface area contributed by atoms with Crippen LogP contribution in [0.3, 0.4) is 0 Å². The molecule has 1 aliphatic heterocycles. The lowest BCUT2D eigenvalue weighted by Crippen LogP contribution is -2.35. The molecule has 5 rings (SSSR count). The van der Waals surface area contributed by atoms with E-state index < -0.39 is 0 Å². The summed E-state index contributed by atoms with van der Waals surface area (Å²) in [5.41, 5.74) is 5.67. The number of anilines is 4. The lowest BCUT2D eigenvalue weighted by molar-refractivity contribution is 0.600. The van der Waals surface area contributed by atoms with Crippen molar-refractivity contribution in [2.24, 2.45) is 0 Å². The van der Waals surface area contributed by atoms with Crippen molar-refractivity contribution in [3.63, 3.8) is 0 Å². The maximum atomic E-state index is 6.32. The summed E-state index contributed by atoms with van der Waals surface area (Å²) in [5, 5.41) is 1.15. The first kappa shape index (κ1) is 15.1. The van der Waals surface area contributed by atoms with Crippen LogP contribution in [0.25, 0.3) is 11.0 Å². The molecule has 2 heterocycles. The van der Waals surface area contributed by atoms with Gasteiger partial charge in [0.05, 0.1) is 0 Å². The Kier molecular flexibility index (Phi) is 3.29. The van der Waals surface area contributed by atoms with E-state index >= 15 is 0 Å². The second-order valence-electron chi connectivity index (χ2n) is 6.75. The van der Waals surface area contributed by atoms with E-state index in [1.54, 1.807) is 0 Å². The van der Waals surface area contributed by atoms with Gasteiger partial charge in [-0.05, 0) is 49.7 Å². The molecule has 0 amide bonds. The molecule has 0 saturated carbocycles. The van der Waals surface area contributed by atoms with E-state index in [0.717, 1.165) is 28.2 Å². The summed E-state index contributed by atoms with van der Waals surface area (Å²) in [6.07, 6.45) is 0.122. The third-order valence-corrected chi connectivity index (χ3v) is 5.17. The summed E-state index contributed by atoms with van der Waals surface area (Å²) in [6.45, 7) is 4.39. The molecule has 0 saturated heterocycles. The van der Waals surface area contributed by atoms with Gasteiger partial charge in [0.2, 0.25) is 5.88 Å². The van der Waals surface area contributed by atoms with Crippen molar-refractivity contribution in [2.45, 2.75) is 20.0 Å². The van der Waals surface area contributed by atoms with Gasteiger partial charge in [0, 0.05) is 16.8 Å². The highest BCUT2D eigenvalue weighted by Gasteiger charge is 2.40. The van der Waals surface area contributed by atoms with Crippen LogP contribution in [0.15, 0.2) is 83.3 Å². The van der Waals surface area contributed by atoms with Crippen molar-refractivity contribution in [3.05, 3.63) is 84.4 Å². The smallest absolute Gasteiger partial charge is 0.227 e. The van der Waals surface area contributed by atoms with Gasteiger partial charge in [-0.25, -0.2) is 0 Å². The molecule has 128 valence electrons. The standard InChI is InChI=1S/C23H20N2O/c1-16-10-6-8-14-20(16)25-17(2)24(18-11-4-3-5-12-18)23-22(25)19-13-7-9-15-21(19)26-23/h3-15,17H,1-2H3/t17-/m0/s1. The average molecular weight is 340 g/mol. The Morgan fingerprint density at radius 1 is 0.769 bits per heavy atom. The van der Waals surface area contributed by atoms with Crippen molar-refractivity contribution in [1.82, 2.24) is 0 Å². The Morgan fingerprint density at radius 3 is 2.27 bits per heavy atom. The number of nitrogens with zero attached hydrogens (tertiary/aromatic N) is 2. The Labute approximate surface area is 153 Å². The molecule has 1 aliphatic rings. The number of fused-ring (bicyclic) bond motifs is 3. The van der Waals surface area contributed by atoms with Crippen LogP contribution in [-0.2, 0) is 0 Å². The molecule has 26 heavy (non-hydrogen) atoms. The molecule has 0 N–H and O–H groups in total. The Hall–Kier alpha value is -3.20. The van der Waals surface area contributed by atoms with E-state index in [4.69, 9.17) is 4.42 Å². The first-order chi connectivity index (χ1) is 12.8. The lowest BCUT2D eigenvalue weighted by Gasteiger charge is -2.31.